The Hall–Kier alpha value is -2.59. The molecule has 4 nitrogen and oxygen atoms in total. The van der Waals surface area contributed by atoms with Crippen molar-refractivity contribution in [1.29, 1.82) is 0 Å². The van der Waals surface area contributed by atoms with Gasteiger partial charge in [0.1, 0.15) is 0 Å². The molecule has 0 spiro atoms. The first-order chi connectivity index (χ1) is 11.5. The fourth-order valence-corrected chi connectivity index (χ4v) is 2.79. The first-order valence-corrected chi connectivity index (χ1v) is 8.05. The molecule has 2 amide bonds. The van der Waals surface area contributed by atoms with Crippen LogP contribution in [-0.2, 0) is 16.0 Å². The molecule has 1 N–H and O–H groups in total. The number of fused-ring (bicyclic) bond motifs is 1. The first-order valence-electron chi connectivity index (χ1n) is 7.67. The van der Waals surface area contributed by atoms with Gasteiger partial charge in [0.25, 0.3) is 0 Å². The molecule has 0 aliphatic carbocycles. The number of rotatable bonds is 3. The Morgan fingerprint density at radius 3 is 2.67 bits per heavy atom. The number of anilines is 2. The van der Waals surface area contributed by atoms with Crippen molar-refractivity contribution in [3.05, 3.63) is 64.7 Å². The number of hydrogen-bond donors (Lipinski definition) is 1. The second-order valence-electron chi connectivity index (χ2n) is 5.67. The first kappa shape index (κ1) is 16.3. The molecule has 1 heterocycles. The average Bonchev–Trinajstić information content (AvgIpc) is 2.58. The third-order valence-corrected chi connectivity index (χ3v) is 4.24. The Morgan fingerprint density at radius 2 is 1.92 bits per heavy atom. The standard InChI is InChI=1S/C19H17ClN2O2/c1-22-17-9-8-16(12-14(17)5-11-19(22)24)21-18(23)10-4-13-2-6-15(20)7-3-13/h2-4,6-10,12H,5,11H2,1H3,(H,21,23)/b10-4+. The number of halogens is 1. The van der Waals surface area contributed by atoms with Gasteiger partial charge >= 0.3 is 0 Å². The summed E-state index contributed by atoms with van der Waals surface area (Å²) in [5.41, 5.74) is 3.60. The van der Waals surface area contributed by atoms with Crippen LogP contribution >= 0.6 is 11.6 Å². The molecule has 0 saturated heterocycles. The maximum Gasteiger partial charge on any atom is 0.248 e. The topological polar surface area (TPSA) is 49.4 Å². The summed E-state index contributed by atoms with van der Waals surface area (Å²) >= 11 is 5.83. The lowest BCUT2D eigenvalue weighted by Crippen LogP contribution is -2.31. The number of carbonyl (C=O) groups excluding carboxylic acids is 2. The molecule has 122 valence electrons. The smallest absolute Gasteiger partial charge is 0.248 e. The fourth-order valence-electron chi connectivity index (χ4n) is 2.66. The highest BCUT2D eigenvalue weighted by Crippen LogP contribution is 2.29. The van der Waals surface area contributed by atoms with Gasteiger partial charge in [-0.1, -0.05) is 23.7 Å². The van der Waals surface area contributed by atoms with E-state index in [2.05, 4.69) is 5.32 Å². The van der Waals surface area contributed by atoms with Crippen molar-refractivity contribution >= 4 is 40.9 Å². The normalized spacial score (nSPS) is 13.9. The molecule has 5 heteroatoms. The Kier molecular flexibility index (Phi) is 4.67. The molecular formula is C19H17ClN2O2. The highest BCUT2D eigenvalue weighted by atomic mass is 35.5. The van der Waals surface area contributed by atoms with Crippen molar-refractivity contribution in [3.8, 4) is 0 Å². The summed E-state index contributed by atoms with van der Waals surface area (Å²) in [6.45, 7) is 0. The van der Waals surface area contributed by atoms with Crippen molar-refractivity contribution in [3.63, 3.8) is 0 Å². The molecule has 0 radical (unpaired) electrons. The van der Waals surface area contributed by atoms with Gasteiger partial charge in [-0.3, -0.25) is 9.59 Å². The van der Waals surface area contributed by atoms with Gasteiger partial charge in [0.15, 0.2) is 0 Å². The predicted octanol–water partition coefficient (Wildman–Crippen LogP) is 3.90. The second kappa shape index (κ2) is 6.89. The summed E-state index contributed by atoms with van der Waals surface area (Å²) in [6.07, 6.45) is 4.41. The number of benzene rings is 2. The fraction of sp³-hybridized carbons (Fsp3) is 0.158. The number of amides is 2. The molecule has 0 atom stereocenters. The molecule has 0 aromatic heterocycles. The summed E-state index contributed by atoms with van der Waals surface area (Å²) in [4.78, 5) is 25.4. The summed E-state index contributed by atoms with van der Waals surface area (Å²) in [5.74, 6) is -0.0877. The van der Waals surface area contributed by atoms with Gasteiger partial charge < -0.3 is 10.2 Å². The van der Waals surface area contributed by atoms with E-state index in [1.165, 1.54) is 6.08 Å². The Bertz CT molecular complexity index is 813. The van der Waals surface area contributed by atoms with E-state index < -0.39 is 0 Å². The second-order valence-corrected chi connectivity index (χ2v) is 6.11. The molecule has 3 rings (SSSR count). The molecule has 0 saturated carbocycles. The van der Waals surface area contributed by atoms with Gasteiger partial charge in [-0.15, -0.1) is 0 Å². The number of nitrogens with zero attached hydrogens (tertiary/aromatic N) is 1. The number of aryl methyl sites for hydroxylation is 1. The van der Waals surface area contributed by atoms with Crippen LogP contribution in [0.5, 0.6) is 0 Å². The van der Waals surface area contributed by atoms with E-state index in [-0.39, 0.29) is 11.8 Å². The minimum atomic E-state index is -0.204. The van der Waals surface area contributed by atoms with Crippen LogP contribution in [0, 0.1) is 0 Å². The van der Waals surface area contributed by atoms with Gasteiger partial charge in [-0.25, -0.2) is 0 Å². The third-order valence-electron chi connectivity index (χ3n) is 3.99. The van der Waals surface area contributed by atoms with Crippen molar-refractivity contribution in [1.82, 2.24) is 0 Å². The van der Waals surface area contributed by atoms with Gasteiger partial charge in [-0.2, -0.15) is 0 Å². The summed E-state index contributed by atoms with van der Waals surface area (Å²) < 4.78 is 0. The summed E-state index contributed by atoms with van der Waals surface area (Å²) in [5, 5.41) is 3.51. The third kappa shape index (κ3) is 3.66. The molecule has 24 heavy (non-hydrogen) atoms. The Balaban J connectivity index is 1.69. The quantitative estimate of drug-likeness (QED) is 0.861. The highest BCUT2D eigenvalue weighted by Gasteiger charge is 2.20. The van der Waals surface area contributed by atoms with Gasteiger partial charge in [-0.05, 0) is 54.0 Å². The molecule has 0 unspecified atom stereocenters. The van der Waals surface area contributed by atoms with Crippen LogP contribution in [0.4, 0.5) is 11.4 Å². The maximum absolute atomic E-state index is 12.0. The van der Waals surface area contributed by atoms with Crippen LogP contribution in [0.2, 0.25) is 5.02 Å². The predicted molar refractivity (Wildman–Crippen MR) is 97.3 cm³/mol. The average molecular weight is 341 g/mol. The molecule has 0 bridgehead atoms. The SMILES string of the molecule is CN1C(=O)CCc2cc(NC(=O)/C=C/c3ccc(Cl)cc3)ccc21. The van der Waals surface area contributed by atoms with E-state index in [0.29, 0.717) is 17.9 Å². The summed E-state index contributed by atoms with van der Waals surface area (Å²) in [7, 11) is 1.77. The van der Waals surface area contributed by atoms with Crippen molar-refractivity contribution in [2.45, 2.75) is 12.8 Å². The summed E-state index contributed by atoms with van der Waals surface area (Å²) in [6, 6.07) is 12.8. The lowest BCUT2D eigenvalue weighted by atomic mass is 10.0. The van der Waals surface area contributed by atoms with Crippen molar-refractivity contribution < 1.29 is 9.59 Å². The van der Waals surface area contributed by atoms with Crippen LogP contribution in [0.15, 0.2) is 48.5 Å². The molecular weight excluding hydrogens is 324 g/mol. The van der Waals surface area contributed by atoms with Gasteiger partial charge in [0, 0.05) is 35.9 Å². The molecule has 2 aromatic carbocycles. The van der Waals surface area contributed by atoms with E-state index >= 15 is 0 Å². The minimum Gasteiger partial charge on any atom is -0.323 e. The number of hydrogen-bond acceptors (Lipinski definition) is 2. The van der Waals surface area contributed by atoms with Crippen LogP contribution < -0.4 is 10.2 Å². The van der Waals surface area contributed by atoms with E-state index in [0.717, 1.165) is 22.5 Å². The highest BCUT2D eigenvalue weighted by molar-refractivity contribution is 6.30. The molecule has 0 fully saturated rings. The maximum atomic E-state index is 12.0. The van der Waals surface area contributed by atoms with Crippen LogP contribution in [-0.4, -0.2) is 18.9 Å². The van der Waals surface area contributed by atoms with Gasteiger partial charge in [0.05, 0.1) is 0 Å². The van der Waals surface area contributed by atoms with E-state index in [4.69, 9.17) is 11.6 Å². The van der Waals surface area contributed by atoms with E-state index in [1.807, 2.05) is 30.3 Å². The van der Waals surface area contributed by atoms with Crippen molar-refractivity contribution in [2.75, 3.05) is 17.3 Å². The van der Waals surface area contributed by atoms with Gasteiger partial charge in [0.2, 0.25) is 11.8 Å². The van der Waals surface area contributed by atoms with Crippen LogP contribution in [0.3, 0.4) is 0 Å². The lowest BCUT2D eigenvalue weighted by molar-refractivity contribution is -0.118. The zero-order valence-electron chi connectivity index (χ0n) is 13.3. The monoisotopic (exact) mass is 340 g/mol. The minimum absolute atomic E-state index is 0.116. The zero-order chi connectivity index (χ0) is 17.1. The van der Waals surface area contributed by atoms with Crippen LogP contribution in [0.1, 0.15) is 17.5 Å². The molecule has 2 aromatic rings. The van der Waals surface area contributed by atoms with Crippen LogP contribution in [0.25, 0.3) is 6.08 Å². The molecule has 1 aliphatic heterocycles. The van der Waals surface area contributed by atoms with Crippen molar-refractivity contribution in [2.24, 2.45) is 0 Å². The number of carbonyl (C=O) groups is 2. The van der Waals surface area contributed by atoms with E-state index in [1.54, 1.807) is 30.2 Å². The lowest BCUT2D eigenvalue weighted by Gasteiger charge is -2.26. The molecule has 1 aliphatic rings. The zero-order valence-corrected chi connectivity index (χ0v) is 14.0. The number of nitrogens with one attached hydrogen (secondary N) is 1. The van der Waals surface area contributed by atoms with E-state index in [9.17, 15) is 9.59 Å². The Labute approximate surface area is 145 Å². The largest absolute Gasteiger partial charge is 0.323 e. The Morgan fingerprint density at radius 1 is 1.17 bits per heavy atom.